The number of hydrogen-bond donors (Lipinski definition) is 1. The number of hydrogen-bond acceptors (Lipinski definition) is 6. The van der Waals surface area contributed by atoms with Gasteiger partial charge in [0.15, 0.2) is 17.3 Å². The van der Waals surface area contributed by atoms with E-state index in [1.165, 1.54) is 24.1 Å². The number of rotatable bonds is 7. The number of carbonyl (C=O) groups is 1. The SMILES string of the molecule is COc1ccc(CCNC(=O)[C@@H]2CCCN(c3nccn4nc5c(c34)CCCC5)C2)cc1OC. The summed E-state index contributed by atoms with van der Waals surface area (Å²) in [5, 5.41) is 7.95. The Balaban J connectivity index is 1.24. The van der Waals surface area contributed by atoms with Crippen molar-refractivity contribution in [3.63, 3.8) is 0 Å². The molecular weight excluding hydrogens is 430 g/mol. The van der Waals surface area contributed by atoms with Gasteiger partial charge in [0.25, 0.3) is 0 Å². The van der Waals surface area contributed by atoms with Crippen LogP contribution in [0.25, 0.3) is 5.52 Å². The first-order chi connectivity index (χ1) is 16.7. The fraction of sp³-hybridized carbons (Fsp3) is 0.500. The van der Waals surface area contributed by atoms with Gasteiger partial charge in [-0.2, -0.15) is 5.10 Å². The Morgan fingerprint density at radius 3 is 2.85 bits per heavy atom. The van der Waals surface area contributed by atoms with Gasteiger partial charge in [-0.25, -0.2) is 9.50 Å². The maximum Gasteiger partial charge on any atom is 0.224 e. The molecular formula is C26H33N5O3. The summed E-state index contributed by atoms with van der Waals surface area (Å²) in [6.45, 7) is 2.20. The summed E-state index contributed by atoms with van der Waals surface area (Å²) in [5.74, 6) is 2.47. The predicted octanol–water partition coefficient (Wildman–Crippen LogP) is 3.20. The maximum absolute atomic E-state index is 13.0. The first-order valence-corrected chi connectivity index (χ1v) is 12.3. The average molecular weight is 464 g/mol. The number of fused-ring (bicyclic) bond motifs is 3. The van der Waals surface area contributed by atoms with Crippen LogP contribution in [-0.4, -0.2) is 54.4 Å². The molecule has 2 aliphatic rings. The first-order valence-electron chi connectivity index (χ1n) is 12.3. The zero-order chi connectivity index (χ0) is 23.5. The van der Waals surface area contributed by atoms with Crippen molar-refractivity contribution in [3.8, 4) is 11.5 Å². The smallest absolute Gasteiger partial charge is 0.224 e. The Morgan fingerprint density at radius 2 is 2.00 bits per heavy atom. The molecule has 3 heterocycles. The predicted molar refractivity (Wildman–Crippen MR) is 131 cm³/mol. The lowest BCUT2D eigenvalue weighted by atomic mass is 9.95. The normalized spacial score (nSPS) is 17.9. The number of ether oxygens (including phenoxy) is 2. The van der Waals surface area contributed by atoms with Gasteiger partial charge in [-0.1, -0.05) is 6.07 Å². The summed E-state index contributed by atoms with van der Waals surface area (Å²) in [6, 6.07) is 5.87. The van der Waals surface area contributed by atoms with E-state index in [0.717, 1.165) is 55.5 Å². The molecule has 1 saturated heterocycles. The van der Waals surface area contributed by atoms with Crippen LogP contribution in [0.4, 0.5) is 5.82 Å². The van der Waals surface area contributed by atoms with E-state index in [1.807, 2.05) is 35.1 Å². The van der Waals surface area contributed by atoms with Crippen molar-refractivity contribution in [3.05, 3.63) is 47.4 Å². The maximum atomic E-state index is 13.0. The monoisotopic (exact) mass is 463 g/mol. The number of piperidine rings is 1. The van der Waals surface area contributed by atoms with Crippen molar-refractivity contribution >= 4 is 17.2 Å². The van der Waals surface area contributed by atoms with Crippen LogP contribution in [0.1, 0.15) is 42.5 Å². The average Bonchev–Trinajstić information content (AvgIpc) is 3.27. The van der Waals surface area contributed by atoms with Crippen LogP contribution >= 0.6 is 0 Å². The minimum atomic E-state index is -0.0417. The summed E-state index contributed by atoms with van der Waals surface area (Å²) in [6.07, 6.45) is 10.9. The molecule has 1 aliphatic heterocycles. The van der Waals surface area contributed by atoms with Gasteiger partial charge in [-0.15, -0.1) is 0 Å². The van der Waals surface area contributed by atoms with E-state index in [1.54, 1.807) is 14.2 Å². The molecule has 1 aromatic carbocycles. The molecule has 3 aromatic rings. The zero-order valence-corrected chi connectivity index (χ0v) is 20.0. The molecule has 1 aliphatic carbocycles. The van der Waals surface area contributed by atoms with Crippen LogP contribution in [0.5, 0.6) is 11.5 Å². The summed E-state index contributed by atoms with van der Waals surface area (Å²) in [4.78, 5) is 20.0. The highest BCUT2D eigenvalue weighted by atomic mass is 16.5. The lowest BCUT2D eigenvalue weighted by Gasteiger charge is -2.33. The second-order valence-corrected chi connectivity index (χ2v) is 9.19. The minimum absolute atomic E-state index is 0.0417. The van der Waals surface area contributed by atoms with Gasteiger partial charge in [0, 0.05) is 37.6 Å². The third-order valence-electron chi connectivity index (χ3n) is 7.05. The molecule has 1 amide bonds. The largest absolute Gasteiger partial charge is 0.493 e. The molecule has 1 fully saturated rings. The van der Waals surface area contributed by atoms with Crippen LogP contribution in [-0.2, 0) is 24.1 Å². The fourth-order valence-electron chi connectivity index (χ4n) is 5.27. The second-order valence-electron chi connectivity index (χ2n) is 9.19. The van der Waals surface area contributed by atoms with Gasteiger partial charge in [0.05, 0.1) is 25.8 Å². The molecule has 8 heteroatoms. The molecule has 0 unspecified atom stereocenters. The van der Waals surface area contributed by atoms with Crippen molar-refractivity contribution in [2.45, 2.75) is 44.9 Å². The number of amides is 1. The Morgan fingerprint density at radius 1 is 1.15 bits per heavy atom. The van der Waals surface area contributed by atoms with Crippen molar-refractivity contribution in [1.82, 2.24) is 19.9 Å². The van der Waals surface area contributed by atoms with Gasteiger partial charge in [-0.3, -0.25) is 4.79 Å². The summed E-state index contributed by atoms with van der Waals surface area (Å²) in [7, 11) is 3.26. The summed E-state index contributed by atoms with van der Waals surface area (Å²) in [5.41, 5.74) is 4.79. The number of nitrogens with one attached hydrogen (secondary N) is 1. The number of methoxy groups -OCH3 is 2. The lowest BCUT2D eigenvalue weighted by Crippen LogP contribution is -2.44. The molecule has 0 radical (unpaired) electrons. The van der Waals surface area contributed by atoms with Crippen LogP contribution in [0.2, 0.25) is 0 Å². The van der Waals surface area contributed by atoms with E-state index in [4.69, 9.17) is 19.6 Å². The molecule has 180 valence electrons. The quantitative estimate of drug-likeness (QED) is 0.580. The number of benzene rings is 1. The Labute approximate surface area is 200 Å². The third-order valence-corrected chi connectivity index (χ3v) is 7.05. The van der Waals surface area contributed by atoms with E-state index in [9.17, 15) is 4.79 Å². The van der Waals surface area contributed by atoms with Gasteiger partial charge in [-0.05, 0) is 62.6 Å². The Bertz CT molecular complexity index is 1170. The second kappa shape index (κ2) is 9.91. The van der Waals surface area contributed by atoms with E-state index in [2.05, 4.69) is 10.2 Å². The molecule has 34 heavy (non-hydrogen) atoms. The summed E-state index contributed by atoms with van der Waals surface area (Å²) < 4.78 is 12.7. The van der Waals surface area contributed by atoms with Gasteiger partial charge >= 0.3 is 0 Å². The lowest BCUT2D eigenvalue weighted by molar-refractivity contribution is -0.125. The van der Waals surface area contributed by atoms with Crippen LogP contribution < -0.4 is 19.7 Å². The van der Waals surface area contributed by atoms with E-state index in [-0.39, 0.29) is 11.8 Å². The molecule has 0 spiro atoms. The van der Waals surface area contributed by atoms with E-state index in [0.29, 0.717) is 24.6 Å². The number of aryl methyl sites for hydroxylation is 2. The molecule has 2 aromatic heterocycles. The number of anilines is 1. The van der Waals surface area contributed by atoms with E-state index >= 15 is 0 Å². The first kappa shape index (κ1) is 22.5. The van der Waals surface area contributed by atoms with Crippen molar-refractivity contribution in [1.29, 1.82) is 0 Å². The highest BCUT2D eigenvalue weighted by molar-refractivity contribution is 5.81. The fourth-order valence-corrected chi connectivity index (χ4v) is 5.27. The van der Waals surface area contributed by atoms with Crippen LogP contribution in [0, 0.1) is 5.92 Å². The number of nitrogens with zero attached hydrogens (tertiary/aromatic N) is 4. The third kappa shape index (κ3) is 4.41. The zero-order valence-electron chi connectivity index (χ0n) is 20.0. The standard InChI is InChI=1S/C26H33N5O3/c1-33-22-10-9-18(16-23(22)34-2)11-12-28-26(32)19-6-5-14-30(17-19)25-24-20-7-3-4-8-21(20)29-31(24)15-13-27-25/h9-10,13,15-16,19H,3-8,11-12,14,17H2,1-2H3,(H,28,32)/t19-/m1/s1. The summed E-state index contributed by atoms with van der Waals surface area (Å²) >= 11 is 0. The molecule has 1 atom stereocenters. The van der Waals surface area contributed by atoms with Gasteiger partial charge < -0.3 is 19.7 Å². The molecule has 0 saturated carbocycles. The molecule has 5 rings (SSSR count). The highest BCUT2D eigenvalue weighted by Gasteiger charge is 2.29. The Kier molecular flexibility index (Phi) is 6.56. The van der Waals surface area contributed by atoms with Crippen LogP contribution in [0.3, 0.4) is 0 Å². The van der Waals surface area contributed by atoms with Crippen molar-refractivity contribution in [2.24, 2.45) is 5.92 Å². The number of carbonyl (C=O) groups excluding carboxylic acids is 1. The minimum Gasteiger partial charge on any atom is -0.493 e. The van der Waals surface area contributed by atoms with Crippen molar-refractivity contribution < 1.29 is 14.3 Å². The highest BCUT2D eigenvalue weighted by Crippen LogP contribution is 2.32. The topological polar surface area (TPSA) is 81.0 Å². The van der Waals surface area contributed by atoms with Crippen LogP contribution in [0.15, 0.2) is 30.6 Å². The molecule has 1 N–H and O–H groups in total. The Hall–Kier alpha value is -3.29. The molecule has 0 bridgehead atoms. The molecule has 8 nitrogen and oxygen atoms in total. The van der Waals surface area contributed by atoms with Gasteiger partial charge in [0.2, 0.25) is 5.91 Å². The van der Waals surface area contributed by atoms with E-state index < -0.39 is 0 Å². The number of aromatic nitrogens is 3. The van der Waals surface area contributed by atoms with Gasteiger partial charge in [0.1, 0.15) is 5.52 Å². The van der Waals surface area contributed by atoms with Crippen molar-refractivity contribution in [2.75, 3.05) is 38.8 Å².